The van der Waals surface area contributed by atoms with Gasteiger partial charge in [0.1, 0.15) is 17.3 Å². The van der Waals surface area contributed by atoms with E-state index in [0.29, 0.717) is 37.7 Å². The molecule has 2 heterocycles. The van der Waals surface area contributed by atoms with Gasteiger partial charge in [-0.15, -0.1) is 0 Å². The van der Waals surface area contributed by atoms with Crippen LogP contribution in [0.15, 0.2) is 45.3 Å². The highest BCUT2D eigenvalue weighted by Gasteiger charge is 2.14. The van der Waals surface area contributed by atoms with Crippen LogP contribution < -0.4 is 4.74 Å². The fourth-order valence-electron chi connectivity index (χ4n) is 2.64. The van der Waals surface area contributed by atoms with Gasteiger partial charge in [-0.2, -0.15) is 4.98 Å². The summed E-state index contributed by atoms with van der Waals surface area (Å²) < 4.78 is 16.2. The van der Waals surface area contributed by atoms with Crippen molar-refractivity contribution in [3.63, 3.8) is 0 Å². The summed E-state index contributed by atoms with van der Waals surface area (Å²) in [5, 5.41) is 3.99. The maximum atomic E-state index is 12.3. The van der Waals surface area contributed by atoms with Gasteiger partial charge in [-0.3, -0.25) is 4.79 Å². The van der Waals surface area contributed by atoms with Crippen LogP contribution in [0.4, 0.5) is 0 Å². The Hall–Kier alpha value is -3.09. The maximum Gasteiger partial charge on any atom is 0.227 e. The van der Waals surface area contributed by atoms with Gasteiger partial charge in [0.15, 0.2) is 0 Å². The van der Waals surface area contributed by atoms with Gasteiger partial charge < -0.3 is 18.6 Å². The number of benzene rings is 1. The van der Waals surface area contributed by atoms with Crippen molar-refractivity contribution in [1.82, 2.24) is 15.0 Å². The molecule has 0 bridgehead atoms. The molecule has 3 aromatic rings. The lowest BCUT2D eigenvalue weighted by atomic mass is 10.2. The Morgan fingerprint density at radius 2 is 1.96 bits per heavy atom. The third-order valence-electron chi connectivity index (χ3n) is 4.06. The van der Waals surface area contributed by atoms with Crippen LogP contribution in [-0.4, -0.2) is 34.6 Å². The average Bonchev–Trinajstić information content (AvgIpc) is 3.29. The standard InChI is InChI=1S/C20H23N3O4/c1-4-25-16-9-6-15(7-10-16)20-21-18(27-22-20)11-12-19(24)23(3)13-17-8-5-14(2)26-17/h5-10H,4,11-13H2,1-3H3. The molecule has 0 unspecified atom stereocenters. The minimum atomic E-state index is -0.00938. The summed E-state index contributed by atoms with van der Waals surface area (Å²) in [4.78, 5) is 18.3. The van der Waals surface area contributed by atoms with Crippen LogP contribution in [0, 0.1) is 6.92 Å². The lowest BCUT2D eigenvalue weighted by Crippen LogP contribution is -2.26. The van der Waals surface area contributed by atoms with E-state index in [1.807, 2.05) is 50.2 Å². The molecule has 7 nitrogen and oxygen atoms in total. The fourth-order valence-corrected chi connectivity index (χ4v) is 2.64. The summed E-state index contributed by atoms with van der Waals surface area (Å²) in [6.45, 7) is 4.87. The van der Waals surface area contributed by atoms with Crippen molar-refractivity contribution in [2.24, 2.45) is 0 Å². The fraction of sp³-hybridized carbons (Fsp3) is 0.350. The number of carbonyl (C=O) groups excluding carboxylic acids is 1. The molecular weight excluding hydrogens is 346 g/mol. The molecule has 1 amide bonds. The molecule has 2 aromatic heterocycles. The van der Waals surface area contributed by atoms with Crippen LogP contribution in [0.2, 0.25) is 0 Å². The van der Waals surface area contributed by atoms with Gasteiger partial charge in [0, 0.05) is 25.5 Å². The first-order chi connectivity index (χ1) is 13.0. The van der Waals surface area contributed by atoms with Gasteiger partial charge in [0.25, 0.3) is 0 Å². The molecule has 7 heteroatoms. The SMILES string of the molecule is CCOc1ccc(-c2noc(CCC(=O)N(C)Cc3ccc(C)o3)n2)cc1. The molecule has 0 saturated carbocycles. The van der Waals surface area contributed by atoms with Crippen LogP contribution in [0.3, 0.4) is 0 Å². The molecule has 0 atom stereocenters. The number of carbonyl (C=O) groups is 1. The van der Waals surface area contributed by atoms with Crippen molar-refractivity contribution in [2.75, 3.05) is 13.7 Å². The second-order valence-corrected chi connectivity index (χ2v) is 6.23. The lowest BCUT2D eigenvalue weighted by molar-refractivity contribution is -0.130. The summed E-state index contributed by atoms with van der Waals surface area (Å²) in [6, 6.07) is 11.2. The van der Waals surface area contributed by atoms with Crippen LogP contribution >= 0.6 is 0 Å². The number of aromatic nitrogens is 2. The summed E-state index contributed by atoms with van der Waals surface area (Å²) in [5.74, 6) is 3.32. The Kier molecular flexibility index (Phi) is 5.90. The third kappa shape index (κ3) is 4.97. The van der Waals surface area contributed by atoms with E-state index >= 15 is 0 Å². The van der Waals surface area contributed by atoms with Crippen molar-refractivity contribution in [3.8, 4) is 17.1 Å². The van der Waals surface area contributed by atoms with Gasteiger partial charge >= 0.3 is 0 Å². The summed E-state index contributed by atoms with van der Waals surface area (Å²) in [7, 11) is 1.75. The third-order valence-corrected chi connectivity index (χ3v) is 4.06. The van der Waals surface area contributed by atoms with Crippen molar-refractivity contribution >= 4 is 5.91 Å². The highest BCUT2D eigenvalue weighted by atomic mass is 16.5. The summed E-state index contributed by atoms with van der Waals surface area (Å²) >= 11 is 0. The Morgan fingerprint density at radius 1 is 1.19 bits per heavy atom. The number of amides is 1. The number of aryl methyl sites for hydroxylation is 2. The largest absolute Gasteiger partial charge is 0.494 e. The number of ether oxygens (including phenoxy) is 1. The minimum Gasteiger partial charge on any atom is -0.494 e. The number of rotatable bonds is 8. The van der Waals surface area contributed by atoms with Crippen LogP contribution in [0.5, 0.6) is 5.75 Å². The molecule has 0 aliphatic carbocycles. The second kappa shape index (κ2) is 8.53. The molecule has 3 rings (SSSR count). The average molecular weight is 369 g/mol. The molecule has 0 N–H and O–H groups in total. The maximum absolute atomic E-state index is 12.3. The Morgan fingerprint density at radius 3 is 2.63 bits per heavy atom. The predicted octanol–water partition coefficient (Wildman–Crippen LogP) is 3.63. The highest BCUT2D eigenvalue weighted by molar-refractivity contribution is 5.76. The normalized spacial score (nSPS) is 10.8. The molecule has 142 valence electrons. The first-order valence-corrected chi connectivity index (χ1v) is 8.90. The first-order valence-electron chi connectivity index (χ1n) is 8.90. The van der Waals surface area contributed by atoms with Crippen molar-refractivity contribution in [1.29, 1.82) is 0 Å². The first kappa shape index (κ1) is 18.7. The van der Waals surface area contributed by atoms with E-state index in [2.05, 4.69) is 10.1 Å². The van der Waals surface area contributed by atoms with Gasteiger partial charge in [-0.05, 0) is 50.2 Å². The van der Waals surface area contributed by atoms with E-state index in [9.17, 15) is 4.79 Å². The van der Waals surface area contributed by atoms with Gasteiger partial charge in [-0.25, -0.2) is 0 Å². The number of furan rings is 1. The number of hydrogen-bond donors (Lipinski definition) is 0. The minimum absolute atomic E-state index is 0.00938. The highest BCUT2D eigenvalue weighted by Crippen LogP contribution is 2.20. The van der Waals surface area contributed by atoms with Crippen LogP contribution in [0.1, 0.15) is 30.8 Å². The Labute approximate surface area is 157 Å². The quantitative estimate of drug-likeness (QED) is 0.603. The van der Waals surface area contributed by atoms with Gasteiger partial charge in [0.05, 0.1) is 13.2 Å². The Bertz CT molecular complexity index is 883. The van der Waals surface area contributed by atoms with Crippen molar-refractivity contribution in [3.05, 3.63) is 53.8 Å². The second-order valence-electron chi connectivity index (χ2n) is 6.23. The molecular formula is C20H23N3O4. The monoisotopic (exact) mass is 369 g/mol. The van der Waals surface area contributed by atoms with Gasteiger partial charge in [0.2, 0.25) is 17.6 Å². The summed E-state index contributed by atoms with van der Waals surface area (Å²) in [5.41, 5.74) is 0.838. The number of hydrogen-bond acceptors (Lipinski definition) is 6. The van der Waals surface area contributed by atoms with E-state index in [0.717, 1.165) is 22.8 Å². The zero-order valence-corrected chi connectivity index (χ0v) is 15.8. The summed E-state index contributed by atoms with van der Waals surface area (Å²) in [6.07, 6.45) is 0.686. The van der Waals surface area contributed by atoms with Crippen LogP contribution in [0.25, 0.3) is 11.4 Å². The molecule has 27 heavy (non-hydrogen) atoms. The molecule has 0 saturated heterocycles. The number of nitrogens with zero attached hydrogens (tertiary/aromatic N) is 3. The van der Waals surface area contributed by atoms with Crippen LogP contribution in [-0.2, 0) is 17.8 Å². The van der Waals surface area contributed by atoms with E-state index in [1.54, 1.807) is 11.9 Å². The smallest absolute Gasteiger partial charge is 0.227 e. The van der Waals surface area contributed by atoms with E-state index in [-0.39, 0.29) is 5.91 Å². The van der Waals surface area contributed by atoms with Crippen molar-refractivity contribution < 1.29 is 18.5 Å². The van der Waals surface area contributed by atoms with Crippen molar-refractivity contribution in [2.45, 2.75) is 33.2 Å². The molecule has 0 aliphatic heterocycles. The lowest BCUT2D eigenvalue weighted by Gasteiger charge is -2.14. The molecule has 0 spiro atoms. The van der Waals surface area contributed by atoms with Gasteiger partial charge in [-0.1, -0.05) is 5.16 Å². The topological polar surface area (TPSA) is 81.6 Å². The molecule has 0 radical (unpaired) electrons. The Balaban J connectivity index is 1.53. The zero-order valence-electron chi connectivity index (χ0n) is 15.8. The van der Waals surface area contributed by atoms with E-state index in [1.165, 1.54) is 0 Å². The zero-order chi connectivity index (χ0) is 19.2. The predicted molar refractivity (Wildman–Crippen MR) is 99.1 cm³/mol. The van der Waals surface area contributed by atoms with E-state index in [4.69, 9.17) is 13.7 Å². The molecule has 0 aliphatic rings. The molecule has 0 fully saturated rings. The van der Waals surface area contributed by atoms with E-state index < -0.39 is 0 Å². The molecule has 1 aromatic carbocycles.